The average molecular weight is 439 g/mol. The quantitative estimate of drug-likeness (QED) is 0.544. The fraction of sp³-hybridized carbons (Fsp3) is 0.208. The molecule has 0 unspecified atom stereocenters. The van der Waals surface area contributed by atoms with Crippen LogP contribution in [0.5, 0.6) is 5.75 Å². The highest BCUT2D eigenvalue weighted by Crippen LogP contribution is 2.26. The molecule has 1 amide bonds. The minimum atomic E-state index is -3.94. The number of carbonyl (C=O) groups excluding carboxylic acids is 1. The van der Waals surface area contributed by atoms with Crippen molar-refractivity contribution in [2.45, 2.75) is 24.3 Å². The van der Waals surface area contributed by atoms with Crippen molar-refractivity contribution in [3.05, 3.63) is 90.5 Å². The molecule has 7 heteroatoms. The van der Waals surface area contributed by atoms with Crippen LogP contribution in [-0.4, -0.2) is 28.0 Å². The molecule has 0 aliphatic carbocycles. The first kappa shape index (κ1) is 22.4. The lowest BCUT2D eigenvalue weighted by Crippen LogP contribution is -2.42. The number of ether oxygens (including phenoxy) is 1. The van der Waals surface area contributed by atoms with Gasteiger partial charge in [0.2, 0.25) is 5.91 Å². The summed E-state index contributed by atoms with van der Waals surface area (Å²) in [4.78, 5) is 13.0. The SMILES string of the molecule is CC[C@@H](NC(=O)CN(c1ccc(OC)cc1)S(=O)(=O)c1ccccc1)c1ccccc1. The highest BCUT2D eigenvalue weighted by Gasteiger charge is 2.28. The van der Waals surface area contributed by atoms with Crippen LogP contribution in [0.2, 0.25) is 0 Å². The van der Waals surface area contributed by atoms with Crippen molar-refractivity contribution in [2.24, 2.45) is 0 Å². The first-order chi connectivity index (χ1) is 15.0. The van der Waals surface area contributed by atoms with Crippen LogP contribution in [0.1, 0.15) is 24.9 Å². The Balaban J connectivity index is 1.90. The number of anilines is 1. The Labute approximate surface area is 183 Å². The lowest BCUT2D eigenvalue weighted by atomic mass is 10.0. The summed E-state index contributed by atoms with van der Waals surface area (Å²) in [7, 11) is -2.41. The van der Waals surface area contributed by atoms with Crippen LogP contribution in [0, 0.1) is 0 Å². The summed E-state index contributed by atoms with van der Waals surface area (Å²) in [6.07, 6.45) is 0.684. The van der Waals surface area contributed by atoms with Gasteiger partial charge in [0, 0.05) is 0 Å². The predicted molar refractivity (Wildman–Crippen MR) is 122 cm³/mol. The van der Waals surface area contributed by atoms with E-state index >= 15 is 0 Å². The first-order valence-corrected chi connectivity index (χ1v) is 11.5. The summed E-state index contributed by atoms with van der Waals surface area (Å²) in [6.45, 7) is 1.63. The smallest absolute Gasteiger partial charge is 0.264 e. The molecular weight excluding hydrogens is 412 g/mol. The molecule has 0 spiro atoms. The van der Waals surface area contributed by atoms with E-state index in [9.17, 15) is 13.2 Å². The monoisotopic (exact) mass is 438 g/mol. The molecule has 0 bridgehead atoms. The first-order valence-electron chi connectivity index (χ1n) is 10.0. The Morgan fingerprint density at radius 3 is 2.06 bits per heavy atom. The molecule has 0 fully saturated rings. The Kier molecular flexibility index (Phi) is 7.31. The van der Waals surface area contributed by atoms with Crippen molar-refractivity contribution in [1.29, 1.82) is 0 Å². The van der Waals surface area contributed by atoms with E-state index in [1.54, 1.807) is 42.5 Å². The summed E-state index contributed by atoms with van der Waals surface area (Å²) in [6, 6.07) is 24.1. The molecular formula is C24H26N2O4S. The average Bonchev–Trinajstić information content (AvgIpc) is 2.82. The molecule has 3 rings (SSSR count). The van der Waals surface area contributed by atoms with Crippen molar-refractivity contribution in [1.82, 2.24) is 5.32 Å². The second-order valence-electron chi connectivity index (χ2n) is 6.96. The fourth-order valence-corrected chi connectivity index (χ4v) is 4.70. The van der Waals surface area contributed by atoms with Crippen LogP contribution in [0.4, 0.5) is 5.69 Å². The van der Waals surface area contributed by atoms with E-state index in [4.69, 9.17) is 4.74 Å². The van der Waals surface area contributed by atoms with Crippen LogP contribution in [-0.2, 0) is 14.8 Å². The van der Waals surface area contributed by atoms with Gasteiger partial charge in [-0.25, -0.2) is 8.42 Å². The Bertz CT molecular complexity index is 1090. The minimum absolute atomic E-state index is 0.119. The van der Waals surface area contributed by atoms with Crippen molar-refractivity contribution in [3.8, 4) is 5.75 Å². The van der Waals surface area contributed by atoms with Gasteiger partial charge < -0.3 is 10.1 Å². The van der Waals surface area contributed by atoms with Crippen molar-refractivity contribution < 1.29 is 17.9 Å². The van der Waals surface area contributed by atoms with Crippen molar-refractivity contribution in [3.63, 3.8) is 0 Å². The molecule has 0 saturated carbocycles. The van der Waals surface area contributed by atoms with Crippen LogP contribution >= 0.6 is 0 Å². The topological polar surface area (TPSA) is 75.7 Å². The number of rotatable bonds is 9. The van der Waals surface area contributed by atoms with Gasteiger partial charge in [0.05, 0.1) is 23.7 Å². The van der Waals surface area contributed by atoms with Gasteiger partial charge in [0.1, 0.15) is 12.3 Å². The normalized spacial score (nSPS) is 12.1. The Morgan fingerprint density at radius 2 is 1.52 bits per heavy atom. The second kappa shape index (κ2) is 10.1. The standard InChI is InChI=1S/C24H26N2O4S/c1-3-23(19-10-6-4-7-11-19)25-24(27)18-26(20-14-16-21(30-2)17-15-20)31(28,29)22-12-8-5-9-13-22/h4-17,23H,3,18H2,1-2H3,(H,25,27)/t23-/m1/s1. The van der Waals surface area contributed by atoms with E-state index in [1.807, 2.05) is 37.3 Å². The number of sulfonamides is 1. The van der Waals surface area contributed by atoms with Crippen molar-refractivity contribution >= 4 is 21.6 Å². The molecule has 162 valence electrons. The third-order valence-electron chi connectivity index (χ3n) is 4.92. The molecule has 1 atom stereocenters. The largest absolute Gasteiger partial charge is 0.497 e. The molecule has 0 heterocycles. The van der Waals surface area contributed by atoms with Gasteiger partial charge in [-0.05, 0) is 48.4 Å². The molecule has 0 saturated heterocycles. The number of nitrogens with zero attached hydrogens (tertiary/aromatic N) is 1. The van der Waals surface area contributed by atoms with Crippen LogP contribution in [0.25, 0.3) is 0 Å². The summed E-state index contributed by atoms with van der Waals surface area (Å²) in [5.41, 5.74) is 1.35. The van der Waals surface area contributed by atoms with Gasteiger partial charge in [-0.1, -0.05) is 55.5 Å². The zero-order chi connectivity index (χ0) is 22.3. The third-order valence-corrected chi connectivity index (χ3v) is 6.71. The van der Waals surface area contributed by atoms with Gasteiger partial charge in [-0.2, -0.15) is 0 Å². The Morgan fingerprint density at radius 1 is 0.935 bits per heavy atom. The molecule has 0 radical (unpaired) electrons. The molecule has 6 nitrogen and oxygen atoms in total. The van der Waals surface area contributed by atoms with Gasteiger partial charge in [0.25, 0.3) is 10.0 Å². The van der Waals surface area contributed by atoms with E-state index in [0.29, 0.717) is 17.9 Å². The van der Waals surface area contributed by atoms with Crippen LogP contribution in [0.15, 0.2) is 89.8 Å². The molecule has 3 aromatic carbocycles. The predicted octanol–water partition coefficient (Wildman–Crippen LogP) is 4.16. The van der Waals surface area contributed by atoms with Crippen molar-refractivity contribution in [2.75, 3.05) is 18.0 Å². The number of benzene rings is 3. The fourth-order valence-electron chi connectivity index (χ4n) is 3.26. The van der Waals surface area contributed by atoms with E-state index in [2.05, 4.69) is 5.32 Å². The summed E-state index contributed by atoms with van der Waals surface area (Å²) in [5.74, 6) is 0.214. The van der Waals surface area contributed by atoms with E-state index in [-0.39, 0.29) is 23.4 Å². The van der Waals surface area contributed by atoms with Gasteiger partial charge in [-0.3, -0.25) is 9.10 Å². The van der Waals surface area contributed by atoms with Gasteiger partial charge in [-0.15, -0.1) is 0 Å². The van der Waals surface area contributed by atoms with E-state index in [1.165, 1.54) is 19.2 Å². The van der Waals surface area contributed by atoms with E-state index < -0.39 is 10.0 Å². The lowest BCUT2D eigenvalue weighted by Gasteiger charge is -2.26. The summed E-state index contributed by atoms with van der Waals surface area (Å²) < 4.78 is 33.0. The molecule has 0 aliphatic rings. The van der Waals surface area contributed by atoms with Gasteiger partial charge in [0.15, 0.2) is 0 Å². The van der Waals surface area contributed by atoms with E-state index in [0.717, 1.165) is 9.87 Å². The highest BCUT2D eigenvalue weighted by molar-refractivity contribution is 7.92. The van der Waals surface area contributed by atoms with Crippen LogP contribution in [0.3, 0.4) is 0 Å². The maximum absolute atomic E-state index is 13.4. The molecule has 0 aromatic heterocycles. The molecule has 3 aromatic rings. The zero-order valence-corrected chi connectivity index (χ0v) is 18.4. The maximum atomic E-state index is 13.4. The molecule has 0 aliphatic heterocycles. The maximum Gasteiger partial charge on any atom is 0.264 e. The summed E-state index contributed by atoms with van der Waals surface area (Å²) >= 11 is 0. The van der Waals surface area contributed by atoms with Gasteiger partial charge >= 0.3 is 0 Å². The highest BCUT2D eigenvalue weighted by atomic mass is 32.2. The Hall–Kier alpha value is -3.32. The molecule has 31 heavy (non-hydrogen) atoms. The second-order valence-corrected chi connectivity index (χ2v) is 8.82. The summed E-state index contributed by atoms with van der Waals surface area (Å²) in [5, 5.41) is 2.96. The van der Waals surface area contributed by atoms with Crippen LogP contribution < -0.4 is 14.4 Å². The zero-order valence-electron chi connectivity index (χ0n) is 17.6. The number of carbonyl (C=O) groups is 1. The third kappa shape index (κ3) is 5.44. The number of methoxy groups -OCH3 is 1. The minimum Gasteiger partial charge on any atom is -0.497 e. The number of hydrogen-bond acceptors (Lipinski definition) is 4. The number of hydrogen-bond donors (Lipinski definition) is 1. The lowest BCUT2D eigenvalue weighted by molar-refractivity contribution is -0.120. The number of amides is 1. The molecule has 1 N–H and O–H groups in total. The number of nitrogens with one attached hydrogen (secondary N) is 1.